The lowest BCUT2D eigenvalue weighted by atomic mass is 10.1. The molecule has 1 atom stereocenters. The van der Waals surface area contributed by atoms with Gasteiger partial charge in [0.05, 0.1) is 25.3 Å². The minimum absolute atomic E-state index is 0.411. The number of para-hydroxylation sites is 1. The Kier molecular flexibility index (Phi) is 5.52. The Labute approximate surface area is 119 Å². The molecule has 0 heterocycles. The molecule has 0 amide bonds. The van der Waals surface area contributed by atoms with Crippen molar-refractivity contribution in [3.63, 3.8) is 0 Å². The number of sulfonamides is 1. The van der Waals surface area contributed by atoms with E-state index in [1.165, 1.54) is 18.5 Å². The van der Waals surface area contributed by atoms with Gasteiger partial charge < -0.3 is 9.84 Å². The van der Waals surface area contributed by atoms with Crippen molar-refractivity contribution in [1.29, 1.82) is 0 Å². The van der Waals surface area contributed by atoms with Crippen LogP contribution in [0.15, 0.2) is 24.3 Å². The first-order valence-electron chi connectivity index (χ1n) is 6.10. The number of methoxy groups -OCH3 is 1. The molecule has 0 spiro atoms. The number of benzene rings is 1. The van der Waals surface area contributed by atoms with Crippen LogP contribution in [0.2, 0.25) is 0 Å². The van der Waals surface area contributed by atoms with Crippen LogP contribution in [-0.2, 0) is 14.8 Å². The number of nitrogens with zero attached hydrogens (tertiary/aromatic N) is 1. The maximum absolute atomic E-state index is 12.1. The highest BCUT2D eigenvalue weighted by atomic mass is 32.2. The molecule has 0 radical (unpaired) electrons. The topological polar surface area (TPSA) is 83.9 Å². The molecular weight excluding hydrogens is 282 g/mol. The molecule has 0 aliphatic carbocycles. The summed E-state index contributed by atoms with van der Waals surface area (Å²) in [4.78, 5) is 10.5. The highest BCUT2D eigenvalue weighted by Gasteiger charge is 2.26. The molecule has 7 heteroatoms. The van der Waals surface area contributed by atoms with E-state index < -0.39 is 34.2 Å². The summed E-state index contributed by atoms with van der Waals surface area (Å²) in [6, 6.07) is 6.70. The first-order valence-corrected chi connectivity index (χ1v) is 7.71. The van der Waals surface area contributed by atoms with Gasteiger partial charge in [0.25, 0.3) is 0 Å². The van der Waals surface area contributed by atoms with Crippen LogP contribution in [0.4, 0.5) is 0 Å². The molecule has 0 bridgehead atoms. The maximum atomic E-state index is 12.1. The smallest absolute Gasteiger partial charge is 0.304 e. The molecule has 0 aromatic heterocycles. The molecule has 20 heavy (non-hydrogen) atoms. The lowest BCUT2D eigenvalue weighted by Gasteiger charge is -2.25. The van der Waals surface area contributed by atoms with E-state index in [-0.39, 0.29) is 0 Å². The largest absolute Gasteiger partial charge is 0.496 e. The molecule has 1 rings (SSSR count). The summed E-state index contributed by atoms with van der Waals surface area (Å²) in [7, 11) is -0.674. The fourth-order valence-electron chi connectivity index (χ4n) is 1.81. The summed E-state index contributed by atoms with van der Waals surface area (Å²) in [5, 5.41) is 8.59. The van der Waals surface area contributed by atoms with Gasteiger partial charge in [-0.15, -0.1) is 0 Å². The molecule has 1 N–H and O–H groups in total. The number of carbonyl (C=O) groups is 1. The van der Waals surface area contributed by atoms with Gasteiger partial charge in [-0.05, 0) is 13.0 Å². The van der Waals surface area contributed by atoms with Crippen LogP contribution in [0, 0.1) is 0 Å². The third-order valence-electron chi connectivity index (χ3n) is 3.15. The first kappa shape index (κ1) is 16.5. The van der Waals surface area contributed by atoms with Gasteiger partial charge in [0.2, 0.25) is 10.0 Å². The van der Waals surface area contributed by atoms with E-state index in [2.05, 4.69) is 0 Å². The molecule has 0 fully saturated rings. The summed E-state index contributed by atoms with van der Waals surface area (Å²) in [6.45, 7) is 1.73. The SMILES string of the molecule is COc1ccccc1C(C)N(C)S(=O)(=O)CCC(=O)O. The molecule has 0 aliphatic rings. The van der Waals surface area contributed by atoms with E-state index in [1.54, 1.807) is 31.2 Å². The highest BCUT2D eigenvalue weighted by Crippen LogP contribution is 2.29. The predicted molar refractivity (Wildman–Crippen MR) is 75.2 cm³/mol. The Balaban J connectivity index is 2.96. The van der Waals surface area contributed by atoms with Crippen molar-refractivity contribution in [3.8, 4) is 5.75 Å². The second-order valence-electron chi connectivity index (χ2n) is 4.39. The molecule has 0 aliphatic heterocycles. The first-order chi connectivity index (χ1) is 9.29. The molecule has 0 saturated heterocycles. The number of hydrogen-bond acceptors (Lipinski definition) is 4. The Morgan fingerprint density at radius 1 is 1.40 bits per heavy atom. The van der Waals surface area contributed by atoms with Crippen LogP contribution in [0.1, 0.15) is 24.9 Å². The maximum Gasteiger partial charge on any atom is 0.304 e. The van der Waals surface area contributed by atoms with Crippen molar-refractivity contribution >= 4 is 16.0 Å². The zero-order valence-corrected chi connectivity index (χ0v) is 12.6. The van der Waals surface area contributed by atoms with E-state index in [9.17, 15) is 13.2 Å². The van der Waals surface area contributed by atoms with E-state index in [4.69, 9.17) is 9.84 Å². The summed E-state index contributed by atoms with van der Waals surface area (Å²) < 4.78 is 30.5. The summed E-state index contributed by atoms with van der Waals surface area (Å²) in [5.74, 6) is -0.953. The van der Waals surface area contributed by atoms with Gasteiger partial charge in [-0.2, -0.15) is 4.31 Å². The molecular formula is C13H19NO5S. The Morgan fingerprint density at radius 2 is 2.00 bits per heavy atom. The number of carboxylic acid groups (broad SMARTS) is 1. The molecule has 1 aromatic rings. The van der Waals surface area contributed by atoms with Gasteiger partial charge in [-0.1, -0.05) is 18.2 Å². The van der Waals surface area contributed by atoms with E-state index in [0.717, 1.165) is 5.56 Å². The zero-order valence-electron chi connectivity index (χ0n) is 11.7. The zero-order chi connectivity index (χ0) is 15.3. The van der Waals surface area contributed by atoms with Gasteiger partial charge in [-0.3, -0.25) is 4.79 Å². The average Bonchev–Trinajstić information content (AvgIpc) is 2.43. The minimum Gasteiger partial charge on any atom is -0.496 e. The number of rotatable bonds is 7. The molecule has 6 nitrogen and oxygen atoms in total. The van der Waals surface area contributed by atoms with Crippen LogP contribution in [0.25, 0.3) is 0 Å². The summed E-state index contributed by atoms with van der Waals surface area (Å²) >= 11 is 0. The van der Waals surface area contributed by atoms with Crippen LogP contribution in [0.5, 0.6) is 5.75 Å². The quantitative estimate of drug-likeness (QED) is 0.825. The normalized spacial score (nSPS) is 13.2. The number of ether oxygens (including phenoxy) is 1. The van der Waals surface area contributed by atoms with Gasteiger partial charge >= 0.3 is 5.97 Å². The fraction of sp³-hybridized carbons (Fsp3) is 0.462. The number of carboxylic acids is 1. The minimum atomic E-state index is -3.63. The Hall–Kier alpha value is -1.60. The van der Waals surface area contributed by atoms with Crippen LogP contribution >= 0.6 is 0 Å². The van der Waals surface area contributed by atoms with Gasteiger partial charge in [0.1, 0.15) is 5.75 Å². The summed E-state index contributed by atoms with van der Waals surface area (Å²) in [6.07, 6.45) is -0.411. The van der Waals surface area contributed by atoms with Gasteiger partial charge in [0, 0.05) is 12.6 Å². The van der Waals surface area contributed by atoms with Crippen LogP contribution in [-0.4, -0.2) is 43.7 Å². The van der Waals surface area contributed by atoms with Crippen molar-refractivity contribution in [2.24, 2.45) is 0 Å². The number of aliphatic carboxylic acids is 1. The Bertz CT molecular complexity index is 570. The van der Waals surface area contributed by atoms with E-state index in [1.807, 2.05) is 0 Å². The fourth-order valence-corrected chi connectivity index (χ4v) is 3.12. The predicted octanol–water partition coefficient (Wildman–Crippen LogP) is 1.49. The molecule has 1 aromatic carbocycles. The van der Waals surface area contributed by atoms with Gasteiger partial charge in [0.15, 0.2) is 0 Å². The summed E-state index contributed by atoms with van der Waals surface area (Å²) in [5.41, 5.74) is 0.733. The molecule has 112 valence electrons. The van der Waals surface area contributed by atoms with E-state index >= 15 is 0 Å². The highest BCUT2D eigenvalue weighted by molar-refractivity contribution is 7.89. The van der Waals surface area contributed by atoms with Crippen molar-refractivity contribution in [2.45, 2.75) is 19.4 Å². The standard InChI is InChI=1S/C13H19NO5S/c1-10(11-6-4-5-7-12(11)19-3)14(2)20(17,18)9-8-13(15)16/h4-7,10H,8-9H2,1-3H3,(H,15,16). The number of hydrogen-bond donors (Lipinski definition) is 1. The van der Waals surface area contributed by atoms with Crippen molar-refractivity contribution in [3.05, 3.63) is 29.8 Å². The van der Waals surface area contributed by atoms with Crippen molar-refractivity contribution < 1.29 is 23.1 Å². The Morgan fingerprint density at radius 3 is 2.55 bits per heavy atom. The van der Waals surface area contributed by atoms with E-state index in [0.29, 0.717) is 5.75 Å². The molecule has 1 unspecified atom stereocenters. The molecule has 0 saturated carbocycles. The lowest BCUT2D eigenvalue weighted by molar-refractivity contribution is -0.136. The third kappa shape index (κ3) is 3.94. The third-order valence-corrected chi connectivity index (χ3v) is 5.06. The average molecular weight is 301 g/mol. The van der Waals surface area contributed by atoms with Crippen molar-refractivity contribution in [1.82, 2.24) is 4.31 Å². The van der Waals surface area contributed by atoms with Gasteiger partial charge in [-0.25, -0.2) is 8.42 Å². The van der Waals surface area contributed by atoms with Crippen LogP contribution in [0.3, 0.4) is 0 Å². The second-order valence-corrected chi connectivity index (χ2v) is 6.54. The second kappa shape index (κ2) is 6.71. The van der Waals surface area contributed by atoms with Crippen molar-refractivity contribution in [2.75, 3.05) is 19.9 Å². The monoisotopic (exact) mass is 301 g/mol. The van der Waals surface area contributed by atoms with Crippen LogP contribution < -0.4 is 4.74 Å². The lowest BCUT2D eigenvalue weighted by Crippen LogP contribution is -2.32.